The average molecular weight is 295 g/mol. The minimum atomic E-state index is 0.609. The Kier molecular flexibility index (Phi) is 2.88. The molecular formula is C12H15BrN4. The van der Waals surface area contributed by atoms with Gasteiger partial charge in [-0.15, -0.1) is 0 Å². The Labute approximate surface area is 108 Å². The molecule has 0 amide bonds. The molecule has 4 nitrogen and oxygen atoms in total. The molecule has 0 unspecified atom stereocenters. The Morgan fingerprint density at radius 2 is 2.24 bits per heavy atom. The lowest BCUT2D eigenvalue weighted by atomic mass is 9.83. The molecule has 0 aromatic carbocycles. The van der Waals surface area contributed by atoms with Crippen LogP contribution < -0.4 is 5.73 Å². The number of aromatic nitrogens is 3. The van der Waals surface area contributed by atoms with Crippen LogP contribution in [-0.2, 0) is 6.42 Å². The Morgan fingerprint density at radius 3 is 2.88 bits per heavy atom. The highest BCUT2D eigenvalue weighted by Gasteiger charge is 2.22. The SMILES string of the molecule is NCCc1nc2ccc(C3CCC3)nn2c1Br. The fourth-order valence-corrected chi connectivity index (χ4v) is 2.73. The average Bonchev–Trinajstić information content (AvgIpc) is 2.55. The van der Waals surface area contributed by atoms with Gasteiger partial charge >= 0.3 is 0 Å². The number of imidazole rings is 1. The zero-order chi connectivity index (χ0) is 11.8. The maximum atomic E-state index is 5.57. The van der Waals surface area contributed by atoms with Crippen LogP contribution in [0.5, 0.6) is 0 Å². The van der Waals surface area contributed by atoms with Gasteiger partial charge in [0.15, 0.2) is 5.65 Å². The molecule has 17 heavy (non-hydrogen) atoms. The first-order valence-electron chi connectivity index (χ1n) is 6.03. The zero-order valence-corrected chi connectivity index (χ0v) is 11.2. The van der Waals surface area contributed by atoms with Gasteiger partial charge in [-0.1, -0.05) is 6.42 Å². The summed E-state index contributed by atoms with van der Waals surface area (Å²) in [5, 5.41) is 4.67. The number of nitrogens with two attached hydrogens (primary N) is 1. The molecular weight excluding hydrogens is 280 g/mol. The third-order valence-electron chi connectivity index (χ3n) is 3.41. The van der Waals surface area contributed by atoms with Gasteiger partial charge in [-0.25, -0.2) is 9.50 Å². The Bertz CT molecular complexity index is 545. The van der Waals surface area contributed by atoms with E-state index < -0.39 is 0 Å². The summed E-state index contributed by atoms with van der Waals surface area (Å²) >= 11 is 3.56. The van der Waals surface area contributed by atoms with Crippen LogP contribution in [0.4, 0.5) is 0 Å². The molecule has 0 spiro atoms. The van der Waals surface area contributed by atoms with E-state index in [0.29, 0.717) is 12.5 Å². The maximum absolute atomic E-state index is 5.57. The van der Waals surface area contributed by atoms with Crippen molar-refractivity contribution in [2.45, 2.75) is 31.6 Å². The lowest BCUT2D eigenvalue weighted by Crippen LogP contribution is -2.12. The van der Waals surface area contributed by atoms with Crippen LogP contribution >= 0.6 is 15.9 Å². The Morgan fingerprint density at radius 1 is 1.41 bits per heavy atom. The van der Waals surface area contributed by atoms with Gasteiger partial charge in [-0.2, -0.15) is 5.10 Å². The molecule has 5 heteroatoms. The lowest BCUT2D eigenvalue weighted by Gasteiger charge is -2.24. The van der Waals surface area contributed by atoms with Gasteiger partial charge in [0.25, 0.3) is 0 Å². The fraction of sp³-hybridized carbons (Fsp3) is 0.500. The minimum Gasteiger partial charge on any atom is -0.330 e. The summed E-state index contributed by atoms with van der Waals surface area (Å²) < 4.78 is 2.83. The van der Waals surface area contributed by atoms with Crippen molar-refractivity contribution in [2.75, 3.05) is 6.54 Å². The highest BCUT2D eigenvalue weighted by Crippen LogP contribution is 2.35. The normalized spacial score (nSPS) is 16.4. The topological polar surface area (TPSA) is 56.2 Å². The molecule has 2 N–H and O–H groups in total. The Hall–Kier alpha value is -0.940. The molecule has 90 valence electrons. The van der Waals surface area contributed by atoms with E-state index in [1.165, 1.54) is 25.0 Å². The zero-order valence-electron chi connectivity index (χ0n) is 9.56. The second-order valence-corrected chi connectivity index (χ2v) is 5.30. The smallest absolute Gasteiger partial charge is 0.155 e. The number of rotatable bonds is 3. The molecule has 1 fully saturated rings. The van der Waals surface area contributed by atoms with E-state index in [1.54, 1.807) is 0 Å². The van der Waals surface area contributed by atoms with E-state index in [1.807, 2.05) is 10.6 Å². The van der Waals surface area contributed by atoms with E-state index in [-0.39, 0.29) is 0 Å². The molecule has 1 aliphatic rings. The second kappa shape index (κ2) is 4.38. The quantitative estimate of drug-likeness (QED) is 0.945. The van der Waals surface area contributed by atoms with Crippen LogP contribution in [-0.4, -0.2) is 21.1 Å². The maximum Gasteiger partial charge on any atom is 0.155 e. The predicted octanol–water partition coefficient (Wildman–Crippen LogP) is 2.26. The molecule has 0 radical (unpaired) electrons. The van der Waals surface area contributed by atoms with Gasteiger partial charge in [0.1, 0.15) is 4.60 Å². The van der Waals surface area contributed by atoms with Crippen molar-refractivity contribution >= 4 is 21.6 Å². The summed E-state index contributed by atoms with van der Waals surface area (Å²) in [6, 6.07) is 4.15. The van der Waals surface area contributed by atoms with E-state index in [4.69, 9.17) is 5.73 Å². The van der Waals surface area contributed by atoms with Gasteiger partial charge in [-0.05, 0) is 47.4 Å². The molecule has 2 heterocycles. The first kappa shape index (κ1) is 11.2. The molecule has 0 saturated heterocycles. The summed E-state index contributed by atoms with van der Waals surface area (Å²) in [5.41, 5.74) is 8.63. The summed E-state index contributed by atoms with van der Waals surface area (Å²) in [7, 11) is 0. The van der Waals surface area contributed by atoms with Gasteiger partial charge in [-0.3, -0.25) is 0 Å². The fourth-order valence-electron chi connectivity index (χ4n) is 2.18. The molecule has 2 aromatic heterocycles. The summed E-state index contributed by atoms with van der Waals surface area (Å²) in [6.45, 7) is 0.609. The van der Waals surface area contributed by atoms with Crippen molar-refractivity contribution in [3.8, 4) is 0 Å². The van der Waals surface area contributed by atoms with Crippen molar-refractivity contribution in [3.63, 3.8) is 0 Å². The summed E-state index contributed by atoms with van der Waals surface area (Å²) in [4.78, 5) is 4.52. The third-order valence-corrected chi connectivity index (χ3v) is 4.21. The molecule has 0 atom stereocenters. The summed E-state index contributed by atoms with van der Waals surface area (Å²) in [5.74, 6) is 0.645. The van der Waals surface area contributed by atoms with Crippen molar-refractivity contribution < 1.29 is 0 Å². The molecule has 0 bridgehead atoms. The standard InChI is InChI=1S/C12H15BrN4/c13-12-10(6-7-14)15-11-5-4-9(16-17(11)12)8-2-1-3-8/h4-5,8H,1-3,6-7,14H2. The number of hydrogen-bond donors (Lipinski definition) is 1. The van der Waals surface area contributed by atoms with Crippen LogP contribution in [0.25, 0.3) is 5.65 Å². The molecule has 0 aliphatic heterocycles. The van der Waals surface area contributed by atoms with Crippen LogP contribution in [0.3, 0.4) is 0 Å². The highest BCUT2D eigenvalue weighted by molar-refractivity contribution is 9.10. The minimum absolute atomic E-state index is 0.609. The highest BCUT2D eigenvalue weighted by atomic mass is 79.9. The molecule has 3 rings (SSSR count). The molecule has 1 aliphatic carbocycles. The number of hydrogen-bond acceptors (Lipinski definition) is 3. The van der Waals surface area contributed by atoms with Crippen LogP contribution in [0.1, 0.15) is 36.6 Å². The monoisotopic (exact) mass is 294 g/mol. The van der Waals surface area contributed by atoms with E-state index in [0.717, 1.165) is 22.4 Å². The Balaban J connectivity index is 2.05. The van der Waals surface area contributed by atoms with Crippen LogP contribution in [0.15, 0.2) is 16.7 Å². The third kappa shape index (κ3) is 1.87. The van der Waals surface area contributed by atoms with Crippen LogP contribution in [0, 0.1) is 0 Å². The molecule has 1 saturated carbocycles. The van der Waals surface area contributed by atoms with E-state index in [2.05, 4.69) is 32.1 Å². The van der Waals surface area contributed by atoms with E-state index >= 15 is 0 Å². The van der Waals surface area contributed by atoms with Gasteiger partial charge in [0.2, 0.25) is 0 Å². The van der Waals surface area contributed by atoms with Crippen LogP contribution in [0.2, 0.25) is 0 Å². The van der Waals surface area contributed by atoms with E-state index in [9.17, 15) is 0 Å². The van der Waals surface area contributed by atoms with Crippen molar-refractivity contribution in [1.29, 1.82) is 0 Å². The first-order valence-corrected chi connectivity index (χ1v) is 6.83. The number of fused-ring (bicyclic) bond motifs is 1. The first-order chi connectivity index (χ1) is 8.29. The second-order valence-electron chi connectivity index (χ2n) is 4.54. The van der Waals surface area contributed by atoms with Crippen molar-refractivity contribution in [1.82, 2.24) is 14.6 Å². The van der Waals surface area contributed by atoms with Gasteiger partial charge in [0, 0.05) is 12.3 Å². The molecule has 2 aromatic rings. The predicted molar refractivity (Wildman–Crippen MR) is 70.0 cm³/mol. The summed E-state index contributed by atoms with van der Waals surface area (Å²) in [6.07, 6.45) is 4.64. The lowest BCUT2D eigenvalue weighted by molar-refractivity contribution is 0.406. The largest absolute Gasteiger partial charge is 0.330 e. The number of halogens is 1. The number of nitrogens with zero attached hydrogens (tertiary/aromatic N) is 3. The van der Waals surface area contributed by atoms with Crippen molar-refractivity contribution in [2.24, 2.45) is 5.73 Å². The van der Waals surface area contributed by atoms with Gasteiger partial charge < -0.3 is 5.73 Å². The van der Waals surface area contributed by atoms with Gasteiger partial charge in [0.05, 0.1) is 11.4 Å². The van der Waals surface area contributed by atoms with Crippen molar-refractivity contribution in [3.05, 3.63) is 28.1 Å².